The molecule has 0 bridgehead atoms. The van der Waals surface area contributed by atoms with E-state index in [-0.39, 0.29) is 12.8 Å². The SMILES string of the molecule is C=CC(=O)O.O=CNONC=O. The molecule has 0 aliphatic carbocycles. The third-order valence-electron chi connectivity index (χ3n) is 0.389. The Labute approximate surface area is 67.9 Å². The number of carboxylic acid groups (broad SMARTS) is 1. The number of hydroxylamine groups is 2. The number of aliphatic carboxylic acids is 1. The molecule has 12 heavy (non-hydrogen) atoms. The van der Waals surface area contributed by atoms with Crippen LogP contribution in [0.4, 0.5) is 0 Å². The van der Waals surface area contributed by atoms with Crippen LogP contribution in [0, 0.1) is 0 Å². The first-order valence-corrected chi connectivity index (χ1v) is 2.58. The standard InChI is InChI=1S/C3H4O2.C2H4N2O3/c1-2-3(4)5;5-1-3-7-4-2-6/h2H,1H2,(H,4,5);1-2H,(H,3,5)(H,4,6). The second-order valence-corrected chi connectivity index (χ2v) is 1.12. The fraction of sp³-hybridized carbons (Fsp3) is 0. The molecule has 0 saturated heterocycles. The highest BCUT2D eigenvalue weighted by Gasteiger charge is 1.73. The molecule has 0 rings (SSSR count). The van der Waals surface area contributed by atoms with E-state index in [0.717, 1.165) is 6.08 Å². The van der Waals surface area contributed by atoms with Gasteiger partial charge in [-0.05, 0) is 0 Å². The van der Waals surface area contributed by atoms with Crippen molar-refractivity contribution >= 4 is 18.8 Å². The molecule has 0 fully saturated rings. The highest BCUT2D eigenvalue weighted by molar-refractivity contribution is 5.78. The first-order chi connectivity index (χ1) is 5.68. The summed E-state index contributed by atoms with van der Waals surface area (Å²) in [6.45, 7) is 2.96. The molecule has 0 aromatic heterocycles. The molecule has 2 amide bonds. The van der Waals surface area contributed by atoms with Crippen LogP contribution in [0.25, 0.3) is 0 Å². The summed E-state index contributed by atoms with van der Waals surface area (Å²) in [4.78, 5) is 31.7. The second-order valence-electron chi connectivity index (χ2n) is 1.12. The molecule has 0 heterocycles. The van der Waals surface area contributed by atoms with Gasteiger partial charge in [0, 0.05) is 6.08 Å². The zero-order valence-electron chi connectivity index (χ0n) is 6.02. The highest BCUT2D eigenvalue weighted by Crippen LogP contribution is 1.54. The average Bonchev–Trinajstić information content (AvgIpc) is 2.07. The highest BCUT2D eigenvalue weighted by atomic mass is 16.8. The van der Waals surface area contributed by atoms with Gasteiger partial charge in [-0.15, -0.1) is 0 Å². The molecule has 0 spiro atoms. The maximum absolute atomic E-state index is 9.29. The van der Waals surface area contributed by atoms with Crippen LogP contribution in [0.1, 0.15) is 0 Å². The van der Waals surface area contributed by atoms with Crippen molar-refractivity contribution in [3.8, 4) is 0 Å². The van der Waals surface area contributed by atoms with Crippen molar-refractivity contribution < 1.29 is 24.4 Å². The largest absolute Gasteiger partial charge is 0.478 e. The van der Waals surface area contributed by atoms with Crippen LogP contribution in [0.5, 0.6) is 0 Å². The van der Waals surface area contributed by atoms with Gasteiger partial charge >= 0.3 is 5.97 Å². The van der Waals surface area contributed by atoms with Crippen LogP contribution in [0.15, 0.2) is 12.7 Å². The van der Waals surface area contributed by atoms with Crippen molar-refractivity contribution in [2.75, 3.05) is 0 Å². The third-order valence-corrected chi connectivity index (χ3v) is 0.389. The minimum absolute atomic E-state index is 0.288. The molecule has 7 nitrogen and oxygen atoms in total. The molecule has 0 unspecified atom stereocenters. The Morgan fingerprint density at radius 2 is 1.67 bits per heavy atom. The lowest BCUT2D eigenvalue weighted by Crippen LogP contribution is -2.22. The molecule has 0 atom stereocenters. The van der Waals surface area contributed by atoms with Crippen molar-refractivity contribution in [1.82, 2.24) is 11.0 Å². The third kappa shape index (κ3) is 24.3. The summed E-state index contributed by atoms with van der Waals surface area (Å²) in [5.74, 6) is -0.981. The minimum Gasteiger partial charge on any atom is -0.478 e. The summed E-state index contributed by atoms with van der Waals surface area (Å²) >= 11 is 0. The van der Waals surface area contributed by atoms with Crippen LogP contribution < -0.4 is 11.0 Å². The van der Waals surface area contributed by atoms with E-state index < -0.39 is 5.97 Å². The molecule has 68 valence electrons. The van der Waals surface area contributed by atoms with Crippen LogP contribution in [0.2, 0.25) is 0 Å². The van der Waals surface area contributed by atoms with Crippen LogP contribution in [0.3, 0.4) is 0 Å². The lowest BCUT2D eigenvalue weighted by atomic mass is 10.7. The van der Waals surface area contributed by atoms with Crippen molar-refractivity contribution in [2.45, 2.75) is 0 Å². The Kier molecular flexibility index (Phi) is 12.6. The van der Waals surface area contributed by atoms with Crippen LogP contribution in [-0.4, -0.2) is 23.9 Å². The van der Waals surface area contributed by atoms with Crippen LogP contribution >= 0.6 is 0 Å². The number of hydrogen-bond acceptors (Lipinski definition) is 4. The summed E-state index contributed by atoms with van der Waals surface area (Å²) in [6, 6.07) is 0. The Morgan fingerprint density at radius 1 is 1.33 bits per heavy atom. The number of carbonyl (C=O) groups excluding carboxylic acids is 2. The lowest BCUT2D eigenvalue weighted by Gasteiger charge is -1.90. The lowest BCUT2D eigenvalue weighted by molar-refractivity contribution is -0.136. The molecule has 0 aromatic carbocycles. The van der Waals surface area contributed by atoms with E-state index in [4.69, 9.17) is 5.11 Å². The van der Waals surface area contributed by atoms with E-state index >= 15 is 0 Å². The van der Waals surface area contributed by atoms with E-state index in [1.165, 1.54) is 0 Å². The quantitative estimate of drug-likeness (QED) is 0.206. The first-order valence-electron chi connectivity index (χ1n) is 2.58. The number of carbonyl (C=O) groups is 3. The van der Waals surface area contributed by atoms with Gasteiger partial charge in [0.1, 0.15) is 0 Å². The average molecular weight is 176 g/mol. The van der Waals surface area contributed by atoms with Gasteiger partial charge in [-0.25, -0.2) is 15.8 Å². The summed E-state index contributed by atoms with van der Waals surface area (Å²) < 4.78 is 0. The van der Waals surface area contributed by atoms with E-state index in [1.807, 2.05) is 0 Å². The van der Waals surface area contributed by atoms with Crippen molar-refractivity contribution in [1.29, 1.82) is 0 Å². The van der Waals surface area contributed by atoms with Crippen LogP contribution in [-0.2, 0) is 19.3 Å². The van der Waals surface area contributed by atoms with Crippen molar-refractivity contribution in [3.05, 3.63) is 12.7 Å². The monoisotopic (exact) mass is 176 g/mol. The van der Waals surface area contributed by atoms with Gasteiger partial charge in [0.25, 0.3) is 0 Å². The second kappa shape index (κ2) is 11.9. The van der Waals surface area contributed by atoms with Gasteiger partial charge in [0.15, 0.2) is 0 Å². The first kappa shape index (κ1) is 12.8. The predicted octanol–water partition coefficient (Wildman–Crippen LogP) is -1.42. The smallest absolute Gasteiger partial charge is 0.327 e. The number of rotatable bonds is 5. The molecule has 0 aromatic rings. The minimum atomic E-state index is -0.981. The van der Waals surface area contributed by atoms with Gasteiger partial charge in [-0.3, -0.25) is 9.59 Å². The normalized spacial score (nSPS) is 6.67. The van der Waals surface area contributed by atoms with Gasteiger partial charge < -0.3 is 5.11 Å². The Hall–Kier alpha value is -1.89. The van der Waals surface area contributed by atoms with Crippen molar-refractivity contribution in [3.63, 3.8) is 0 Å². The molecule has 0 saturated carbocycles. The fourth-order valence-corrected chi connectivity index (χ4v) is 0.0821. The summed E-state index contributed by atoms with van der Waals surface area (Å²) in [7, 11) is 0. The van der Waals surface area contributed by atoms with E-state index in [0.29, 0.717) is 0 Å². The molecule has 3 N–H and O–H groups in total. The summed E-state index contributed by atoms with van der Waals surface area (Å²) in [6.07, 6.45) is 1.41. The maximum atomic E-state index is 9.29. The predicted molar refractivity (Wildman–Crippen MR) is 37.3 cm³/mol. The Morgan fingerprint density at radius 3 is 1.83 bits per heavy atom. The number of hydrogen-bond donors (Lipinski definition) is 3. The summed E-state index contributed by atoms with van der Waals surface area (Å²) in [5.41, 5.74) is 3.45. The maximum Gasteiger partial charge on any atom is 0.327 e. The van der Waals surface area contributed by atoms with Gasteiger partial charge in [-0.2, -0.15) is 4.94 Å². The molecular weight excluding hydrogens is 168 g/mol. The number of carboxylic acids is 1. The van der Waals surface area contributed by atoms with Crippen molar-refractivity contribution in [2.24, 2.45) is 0 Å². The van der Waals surface area contributed by atoms with Gasteiger partial charge in [0.05, 0.1) is 0 Å². The number of amides is 2. The molecule has 7 heteroatoms. The zero-order valence-corrected chi connectivity index (χ0v) is 6.02. The summed E-state index contributed by atoms with van der Waals surface area (Å²) in [5, 5.41) is 7.60. The Balaban J connectivity index is 0. The molecular formula is C5H8N2O5. The van der Waals surface area contributed by atoms with E-state index in [2.05, 4.69) is 11.5 Å². The molecule has 0 radical (unpaired) electrons. The van der Waals surface area contributed by atoms with E-state index in [1.54, 1.807) is 11.0 Å². The zero-order chi connectivity index (χ0) is 9.82. The van der Waals surface area contributed by atoms with Gasteiger partial charge in [0.2, 0.25) is 12.8 Å². The molecule has 0 aliphatic rings. The number of nitrogens with one attached hydrogen (secondary N) is 2. The topological polar surface area (TPSA) is 105 Å². The van der Waals surface area contributed by atoms with E-state index in [9.17, 15) is 14.4 Å². The fourth-order valence-electron chi connectivity index (χ4n) is 0.0821. The molecule has 0 aliphatic heterocycles. The van der Waals surface area contributed by atoms with Gasteiger partial charge in [-0.1, -0.05) is 6.58 Å². The Bertz CT molecular complexity index is 150.